The molecule has 10 heteroatoms. The van der Waals surface area contributed by atoms with Gasteiger partial charge in [0, 0.05) is 55.6 Å². The van der Waals surface area contributed by atoms with E-state index in [-0.39, 0.29) is 11.8 Å². The van der Waals surface area contributed by atoms with Gasteiger partial charge in [-0.1, -0.05) is 24.3 Å². The van der Waals surface area contributed by atoms with Crippen LogP contribution < -0.4 is 14.2 Å². The van der Waals surface area contributed by atoms with Gasteiger partial charge in [0.05, 0.1) is 23.2 Å². The van der Waals surface area contributed by atoms with Crippen LogP contribution in [0.2, 0.25) is 0 Å². The molecule has 4 aromatic rings. The van der Waals surface area contributed by atoms with Gasteiger partial charge in [0.2, 0.25) is 5.88 Å². The third-order valence-corrected chi connectivity index (χ3v) is 6.84. The molecule has 188 valence electrons. The van der Waals surface area contributed by atoms with Crippen molar-refractivity contribution in [2.75, 3.05) is 38.0 Å². The number of nitrogens with one attached hydrogen (secondary N) is 1. The fourth-order valence-electron chi connectivity index (χ4n) is 4.01. The van der Waals surface area contributed by atoms with E-state index in [9.17, 15) is 9.59 Å². The summed E-state index contributed by atoms with van der Waals surface area (Å²) in [5.74, 6) is 0.694. The standard InChI is InChI=1S/C27H25N5O4S/c1-35-22-18-20(10-11-21(22)30-37-23-8-4-6-19-7-5-13-29-25(19)23)26(33)31-14-16-32(17-15-31)27(34)36-24-9-2-3-12-28-24/h2-13,18,30H,14-17H2,1H3. The molecule has 1 N–H and O–H groups in total. The van der Waals surface area contributed by atoms with Crippen LogP contribution in [-0.4, -0.2) is 65.1 Å². The molecule has 1 fully saturated rings. The zero-order valence-electron chi connectivity index (χ0n) is 20.2. The van der Waals surface area contributed by atoms with Gasteiger partial charge >= 0.3 is 6.09 Å². The molecular formula is C27H25N5O4S. The molecule has 1 saturated heterocycles. The van der Waals surface area contributed by atoms with E-state index in [0.717, 1.165) is 21.5 Å². The topological polar surface area (TPSA) is 96.9 Å². The van der Waals surface area contributed by atoms with Crippen molar-refractivity contribution in [2.24, 2.45) is 0 Å². The number of aromatic nitrogens is 2. The second kappa shape index (κ2) is 11.2. The third-order valence-electron chi connectivity index (χ3n) is 5.97. The number of methoxy groups -OCH3 is 1. The van der Waals surface area contributed by atoms with Gasteiger partial charge in [-0.15, -0.1) is 0 Å². The molecule has 37 heavy (non-hydrogen) atoms. The lowest BCUT2D eigenvalue weighted by atomic mass is 10.1. The molecule has 0 radical (unpaired) electrons. The van der Waals surface area contributed by atoms with E-state index >= 15 is 0 Å². The predicted molar refractivity (Wildman–Crippen MR) is 142 cm³/mol. The number of fused-ring (bicyclic) bond motifs is 1. The number of hydrogen-bond acceptors (Lipinski definition) is 8. The largest absolute Gasteiger partial charge is 0.495 e. The van der Waals surface area contributed by atoms with Gasteiger partial charge in [-0.3, -0.25) is 9.78 Å². The fourth-order valence-corrected chi connectivity index (χ4v) is 4.82. The van der Waals surface area contributed by atoms with Crippen LogP contribution >= 0.6 is 11.9 Å². The van der Waals surface area contributed by atoms with Crippen LogP contribution in [0.5, 0.6) is 11.6 Å². The number of benzene rings is 2. The first-order valence-electron chi connectivity index (χ1n) is 11.7. The number of para-hydroxylation sites is 1. The van der Waals surface area contributed by atoms with Crippen LogP contribution in [0.25, 0.3) is 10.9 Å². The van der Waals surface area contributed by atoms with Crippen molar-refractivity contribution in [3.63, 3.8) is 0 Å². The normalized spacial score (nSPS) is 13.3. The predicted octanol–water partition coefficient (Wildman–Crippen LogP) is 4.71. The first kappa shape index (κ1) is 24.4. The van der Waals surface area contributed by atoms with E-state index in [1.807, 2.05) is 36.4 Å². The van der Waals surface area contributed by atoms with Crippen molar-refractivity contribution < 1.29 is 19.1 Å². The Balaban J connectivity index is 1.20. The van der Waals surface area contributed by atoms with Crippen LogP contribution in [0.15, 0.2) is 84.0 Å². The molecule has 0 bridgehead atoms. The lowest BCUT2D eigenvalue weighted by Gasteiger charge is -2.34. The Kier molecular flexibility index (Phi) is 7.36. The highest BCUT2D eigenvalue weighted by Gasteiger charge is 2.26. The Morgan fingerprint density at radius 2 is 1.68 bits per heavy atom. The summed E-state index contributed by atoms with van der Waals surface area (Å²) in [7, 11) is 1.57. The third kappa shape index (κ3) is 5.59. The highest BCUT2D eigenvalue weighted by atomic mass is 32.2. The van der Waals surface area contributed by atoms with Crippen LogP contribution in [0, 0.1) is 0 Å². The van der Waals surface area contributed by atoms with Gasteiger partial charge in [-0.05, 0) is 48.3 Å². The smallest absolute Gasteiger partial charge is 0.416 e. The summed E-state index contributed by atoms with van der Waals surface area (Å²) >= 11 is 1.44. The lowest BCUT2D eigenvalue weighted by Crippen LogP contribution is -2.51. The number of hydrogen-bond donors (Lipinski definition) is 1. The number of piperazine rings is 1. The molecule has 5 rings (SSSR count). The number of rotatable bonds is 6. The summed E-state index contributed by atoms with van der Waals surface area (Å²) in [4.78, 5) is 38.3. The van der Waals surface area contributed by atoms with Crippen LogP contribution in [0.3, 0.4) is 0 Å². The Hall–Kier alpha value is -4.31. The van der Waals surface area contributed by atoms with E-state index in [2.05, 4.69) is 14.7 Å². The van der Waals surface area contributed by atoms with Crippen molar-refractivity contribution in [2.45, 2.75) is 4.90 Å². The highest BCUT2D eigenvalue weighted by Crippen LogP contribution is 2.33. The van der Waals surface area contributed by atoms with Crippen molar-refractivity contribution >= 4 is 40.5 Å². The molecule has 1 aliphatic heterocycles. The molecular weight excluding hydrogens is 490 g/mol. The summed E-state index contributed by atoms with van der Waals surface area (Å²) in [5, 5.41) is 1.06. The number of ether oxygens (including phenoxy) is 2. The van der Waals surface area contributed by atoms with E-state index in [1.54, 1.807) is 59.6 Å². The minimum Gasteiger partial charge on any atom is -0.495 e. The van der Waals surface area contributed by atoms with E-state index < -0.39 is 6.09 Å². The minimum atomic E-state index is -0.471. The molecule has 0 aliphatic carbocycles. The van der Waals surface area contributed by atoms with Crippen molar-refractivity contribution in [3.8, 4) is 11.6 Å². The maximum Gasteiger partial charge on any atom is 0.416 e. The number of pyridine rings is 2. The second-order valence-electron chi connectivity index (χ2n) is 8.27. The minimum absolute atomic E-state index is 0.117. The van der Waals surface area contributed by atoms with Gasteiger partial charge < -0.3 is 24.0 Å². The number of nitrogens with zero attached hydrogens (tertiary/aromatic N) is 4. The molecule has 0 spiro atoms. The SMILES string of the molecule is COc1cc(C(=O)N2CCN(C(=O)Oc3ccccn3)CC2)ccc1NSc1cccc2cccnc12. The molecule has 2 amide bonds. The van der Waals surface area contributed by atoms with Crippen LogP contribution in [0.1, 0.15) is 10.4 Å². The highest BCUT2D eigenvalue weighted by molar-refractivity contribution is 8.00. The second-order valence-corrected chi connectivity index (χ2v) is 9.11. The maximum absolute atomic E-state index is 13.2. The summed E-state index contributed by atoms with van der Waals surface area (Å²) in [6.07, 6.45) is 2.87. The monoisotopic (exact) mass is 515 g/mol. The van der Waals surface area contributed by atoms with Gasteiger partial charge in [-0.2, -0.15) is 0 Å². The summed E-state index contributed by atoms with van der Waals surface area (Å²) in [5.41, 5.74) is 2.18. The molecule has 0 atom stereocenters. The van der Waals surface area contributed by atoms with Crippen molar-refractivity contribution in [3.05, 3.63) is 84.7 Å². The Morgan fingerprint density at radius 3 is 2.46 bits per heavy atom. The van der Waals surface area contributed by atoms with Crippen molar-refractivity contribution in [1.82, 2.24) is 19.8 Å². The molecule has 2 aromatic carbocycles. The molecule has 2 aromatic heterocycles. The number of carbonyl (C=O) groups excluding carboxylic acids is 2. The zero-order valence-corrected chi connectivity index (χ0v) is 21.0. The molecule has 1 aliphatic rings. The van der Waals surface area contributed by atoms with Gasteiger partial charge in [0.15, 0.2) is 0 Å². The maximum atomic E-state index is 13.2. The van der Waals surface area contributed by atoms with Crippen LogP contribution in [0.4, 0.5) is 10.5 Å². The van der Waals surface area contributed by atoms with E-state index in [0.29, 0.717) is 37.5 Å². The van der Waals surface area contributed by atoms with E-state index in [1.165, 1.54) is 11.9 Å². The number of carbonyl (C=O) groups is 2. The summed E-state index contributed by atoms with van der Waals surface area (Å²) in [6.45, 7) is 1.57. The quantitative estimate of drug-likeness (QED) is 0.369. The lowest BCUT2D eigenvalue weighted by molar-refractivity contribution is 0.0631. The summed E-state index contributed by atoms with van der Waals surface area (Å²) in [6, 6.07) is 20.4. The van der Waals surface area contributed by atoms with E-state index in [4.69, 9.17) is 9.47 Å². The Labute approximate surface area is 218 Å². The Morgan fingerprint density at radius 1 is 0.892 bits per heavy atom. The van der Waals surface area contributed by atoms with Gasteiger partial charge in [0.1, 0.15) is 5.75 Å². The zero-order chi connectivity index (χ0) is 25.6. The number of amides is 2. The first-order valence-corrected chi connectivity index (χ1v) is 12.6. The molecule has 0 saturated carbocycles. The average molecular weight is 516 g/mol. The van der Waals surface area contributed by atoms with Crippen LogP contribution in [-0.2, 0) is 0 Å². The Bertz CT molecular complexity index is 1410. The average Bonchev–Trinajstić information content (AvgIpc) is 2.96. The van der Waals surface area contributed by atoms with Gasteiger partial charge in [0.25, 0.3) is 5.91 Å². The van der Waals surface area contributed by atoms with Gasteiger partial charge in [-0.25, -0.2) is 9.78 Å². The molecule has 3 heterocycles. The molecule has 0 unspecified atom stereocenters. The van der Waals surface area contributed by atoms with Crippen molar-refractivity contribution in [1.29, 1.82) is 0 Å². The molecule has 9 nitrogen and oxygen atoms in total. The first-order chi connectivity index (χ1) is 18.1. The number of anilines is 1. The summed E-state index contributed by atoms with van der Waals surface area (Å²) < 4.78 is 14.2. The fraction of sp³-hybridized carbons (Fsp3) is 0.185.